The van der Waals surface area contributed by atoms with Gasteiger partial charge in [0.05, 0.1) is 4.47 Å². The molecule has 0 saturated carbocycles. The molecule has 0 fully saturated rings. The van der Waals surface area contributed by atoms with E-state index >= 15 is 0 Å². The third-order valence-corrected chi connectivity index (χ3v) is 4.48. The zero-order valence-corrected chi connectivity index (χ0v) is 13.9. The average molecular weight is 350 g/mol. The van der Waals surface area contributed by atoms with Gasteiger partial charge in [0.25, 0.3) is 0 Å². The van der Waals surface area contributed by atoms with Crippen LogP contribution in [0.3, 0.4) is 0 Å². The first-order chi connectivity index (χ1) is 10.2. The molecule has 1 atom stereocenters. The Morgan fingerprint density at radius 1 is 1.05 bits per heavy atom. The zero-order valence-electron chi connectivity index (χ0n) is 12.3. The van der Waals surface area contributed by atoms with Crippen LogP contribution in [0.5, 0.6) is 0 Å². The highest BCUT2D eigenvalue weighted by molar-refractivity contribution is 9.10. The Hall–Kier alpha value is -1.19. The Balaban J connectivity index is 2.10. The molecule has 0 amide bonds. The van der Waals surface area contributed by atoms with Gasteiger partial charge in [-0.25, -0.2) is 4.39 Å². The minimum Gasteiger partial charge on any atom is -0.317 e. The number of hydrogen-bond acceptors (Lipinski definition) is 1. The van der Waals surface area contributed by atoms with E-state index in [2.05, 4.69) is 52.4 Å². The summed E-state index contributed by atoms with van der Waals surface area (Å²) in [5.41, 5.74) is 2.36. The molecule has 3 heteroatoms. The first-order valence-corrected chi connectivity index (χ1v) is 8.17. The zero-order chi connectivity index (χ0) is 15.1. The van der Waals surface area contributed by atoms with Crippen LogP contribution in [-0.2, 0) is 12.8 Å². The molecule has 1 unspecified atom stereocenters. The van der Waals surface area contributed by atoms with Crippen LogP contribution in [0.15, 0.2) is 53.0 Å². The molecule has 112 valence electrons. The lowest BCUT2D eigenvalue weighted by Gasteiger charge is -2.18. The lowest BCUT2D eigenvalue weighted by molar-refractivity contribution is 0.476. The Kier molecular flexibility index (Phi) is 6.40. The minimum absolute atomic E-state index is 0.186. The summed E-state index contributed by atoms with van der Waals surface area (Å²) in [5.74, 6) is 0.264. The van der Waals surface area contributed by atoms with E-state index in [4.69, 9.17) is 0 Å². The Morgan fingerprint density at radius 3 is 2.52 bits per heavy atom. The van der Waals surface area contributed by atoms with Crippen molar-refractivity contribution in [2.45, 2.75) is 19.8 Å². The fourth-order valence-corrected chi connectivity index (χ4v) is 2.96. The summed E-state index contributed by atoms with van der Waals surface area (Å²) in [5, 5.41) is 3.41. The molecule has 0 aliphatic rings. The maximum Gasteiger partial charge on any atom is 0.137 e. The van der Waals surface area contributed by atoms with Crippen molar-refractivity contribution in [1.82, 2.24) is 5.32 Å². The summed E-state index contributed by atoms with van der Waals surface area (Å²) >= 11 is 3.37. The quantitative estimate of drug-likeness (QED) is 0.770. The lowest BCUT2D eigenvalue weighted by atomic mass is 9.92. The highest BCUT2D eigenvalue weighted by atomic mass is 79.9. The van der Waals surface area contributed by atoms with E-state index < -0.39 is 0 Å². The van der Waals surface area contributed by atoms with Crippen molar-refractivity contribution in [2.24, 2.45) is 5.92 Å². The molecule has 21 heavy (non-hydrogen) atoms. The van der Waals surface area contributed by atoms with E-state index in [0.717, 1.165) is 31.5 Å². The number of nitrogens with one attached hydrogen (secondary N) is 1. The van der Waals surface area contributed by atoms with Gasteiger partial charge in [-0.3, -0.25) is 0 Å². The summed E-state index contributed by atoms with van der Waals surface area (Å²) in [6.45, 7) is 4.00. The van der Waals surface area contributed by atoms with Gasteiger partial charge in [-0.05, 0) is 65.0 Å². The topological polar surface area (TPSA) is 12.0 Å². The van der Waals surface area contributed by atoms with Crippen LogP contribution in [0.2, 0.25) is 0 Å². The third-order valence-electron chi connectivity index (χ3n) is 3.59. The molecule has 0 aliphatic heterocycles. The second-order valence-electron chi connectivity index (χ2n) is 5.28. The van der Waals surface area contributed by atoms with Crippen molar-refractivity contribution < 1.29 is 4.39 Å². The highest BCUT2D eigenvalue weighted by Crippen LogP contribution is 2.24. The van der Waals surface area contributed by atoms with Gasteiger partial charge in [-0.1, -0.05) is 49.4 Å². The molecule has 0 spiro atoms. The predicted octanol–water partition coefficient (Wildman–Crippen LogP) is 4.60. The second-order valence-corrected chi connectivity index (χ2v) is 6.07. The maximum absolute atomic E-state index is 13.6. The number of rotatable bonds is 7. The molecule has 0 radical (unpaired) electrons. The fraction of sp³-hybridized carbons (Fsp3) is 0.333. The van der Waals surface area contributed by atoms with Gasteiger partial charge >= 0.3 is 0 Å². The van der Waals surface area contributed by atoms with Gasteiger partial charge < -0.3 is 5.32 Å². The Morgan fingerprint density at radius 2 is 1.81 bits per heavy atom. The van der Waals surface area contributed by atoms with E-state index in [1.54, 1.807) is 6.07 Å². The highest BCUT2D eigenvalue weighted by Gasteiger charge is 2.14. The average Bonchev–Trinajstić information content (AvgIpc) is 2.50. The second kappa shape index (κ2) is 8.30. The van der Waals surface area contributed by atoms with Crippen LogP contribution in [0, 0.1) is 11.7 Å². The molecule has 1 N–H and O–H groups in total. The Labute approximate surface area is 134 Å². The molecule has 0 aromatic heterocycles. The first-order valence-electron chi connectivity index (χ1n) is 7.38. The van der Waals surface area contributed by atoms with Crippen LogP contribution in [0.4, 0.5) is 4.39 Å². The monoisotopic (exact) mass is 349 g/mol. The van der Waals surface area contributed by atoms with E-state index in [-0.39, 0.29) is 5.82 Å². The van der Waals surface area contributed by atoms with Crippen molar-refractivity contribution in [3.05, 3.63) is 69.9 Å². The SMILES string of the molecule is CCNCC(Cc1ccccc1)Cc1cccc(F)c1Br. The Bertz CT molecular complexity index is 556. The summed E-state index contributed by atoms with van der Waals surface area (Å²) < 4.78 is 14.2. The normalized spacial score (nSPS) is 12.3. The molecule has 2 aromatic carbocycles. The first kappa shape index (κ1) is 16.2. The van der Waals surface area contributed by atoms with Gasteiger partial charge in [-0.2, -0.15) is 0 Å². The smallest absolute Gasteiger partial charge is 0.137 e. The molecular weight excluding hydrogens is 329 g/mol. The largest absolute Gasteiger partial charge is 0.317 e. The summed E-state index contributed by atoms with van der Waals surface area (Å²) in [7, 11) is 0. The van der Waals surface area contributed by atoms with Crippen molar-refractivity contribution in [3.63, 3.8) is 0 Å². The van der Waals surface area contributed by atoms with Gasteiger partial charge in [0.15, 0.2) is 0 Å². The molecule has 0 bridgehead atoms. The minimum atomic E-state index is -0.186. The molecule has 0 heterocycles. The summed E-state index contributed by atoms with van der Waals surface area (Å²) in [6, 6.07) is 15.7. The van der Waals surface area contributed by atoms with Crippen LogP contribution >= 0.6 is 15.9 Å². The van der Waals surface area contributed by atoms with Gasteiger partial charge in [-0.15, -0.1) is 0 Å². The van der Waals surface area contributed by atoms with Gasteiger partial charge in [0, 0.05) is 0 Å². The van der Waals surface area contributed by atoms with Gasteiger partial charge in [0.1, 0.15) is 5.82 Å². The summed E-state index contributed by atoms with van der Waals surface area (Å²) in [4.78, 5) is 0. The van der Waals surface area contributed by atoms with Crippen molar-refractivity contribution >= 4 is 15.9 Å². The van der Waals surface area contributed by atoms with E-state index in [1.165, 1.54) is 11.6 Å². The van der Waals surface area contributed by atoms with E-state index in [0.29, 0.717) is 10.4 Å². The third kappa shape index (κ3) is 4.94. The number of halogens is 2. The molecular formula is C18H21BrFN. The number of hydrogen-bond donors (Lipinski definition) is 1. The molecule has 0 saturated heterocycles. The predicted molar refractivity (Wildman–Crippen MR) is 90.0 cm³/mol. The standard InChI is InChI=1S/C18H21BrFN/c1-2-21-13-15(11-14-7-4-3-5-8-14)12-16-9-6-10-17(20)18(16)19/h3-10,15,21H,2,11-13H2,1H3. The van der Waals surface area contributed by atoms with E-state index in [1.807, 2.05) is 12.1 Å². The van der Waals surface area contributed by atoms with Crippen molar-refractivity contribution in [3.8, 4) is 0 Å². The maximum atomic E-state index is 13.6. The van der Waals surface area contributed by atoms with Crippen LogP contribution in [-0.4, -0.2) is 13.1 Å². The van der Waals surface area contributed by atoms with Crippen LogP contribution in [0.25, 0.3) is 0 Å². The number of benzene rings is 2. The van der Waals surface area contributed by atoms with Gasteiger partial charge in [0.2, 0.25) is 0 Å². The molecule has 1 nitrogen and oxygen atoms in total. The van der Waals surface area contributed by atoms with E-state index in [9.17, 15) is 4.39 Å². The molecule has 0 aliphatic carbocycles. The lowest BCUT2D eigenvalue weighted by Crippen LogP contribution is -2.25. The van der Waals surface area contributed by atoms with Crippen molar-refractivity contribution in [1.29, 1.82) is 0 Å². The van der Waals surface area contributed by atoms with Crippen molar-refractivity contribution in [2.75, 3.05) is 13.1 Å². The van der Waals surface area contributed by atoms with Crippen LogP contribution < -0.4 is 5.32 Å². The molecule has 2 aromatic rings. The molecule has 2 rings (SSSR count). The van der Waals surface area contributed by atoms with Crippen LogP contribution in [0.1, 0.15) is 18.1 Å². The summed E-state index contributed by atoms with van der Waals surface area (Å²) in [6.07, 6.45) is 1.86. The fourth-order valence-electron chi connectivity index (χ4n) is 2.53.